The van der Waals surface area contributed by atoms with Gasteiger partial charge in [0, 0.05) is 23.3 Å². The first-order chi connectivity index (χ1) is 15.5. The molecule has 0 aliphatic rings. The van der Waals surface area contributed by atoms with Crippen LogP contribution < -0.4 is 9.47 Å². The van der Waals surface area contributed by atoms with Crippen molar-refractivity contribution in [3.63, 3.8) is 0 Å². The molecule has 0 fully saturated rings. The van der Waals surface area contributed by atoms with Crippen LogP contribution in [0.1, 0.15) is 22.3 Å². The van der Waals surface area contributed by atoms with Gasteiger partial charge in [-0.1, -0.05) is 47.1 Å². The Morgan fingerprint density at radius 2 is 1.97 bits per heavy atom. The van der Waals surface area contributed by atoms with Crippen molar-refractivity contribution in [1.82, 2.24) is 0 Å². The van der Waals surface area contributed by atoms with Crippen molar-refractivity contribution in [2.45, 2.75) is 13.2 Å². The van der Waals surface area contributed by atoms with Crippen molar-refractivity contribution in [3.05, 3.63) is 98.1 Å². The number of benzene rings is 3. The summed E-state index contributed by atoms with van der Waals surface area (Å²) in [7, 11) is 1.47. The smallest absolute Gasteiger partial charge is 0.269 e. The van der Waals surface area contributed by atoms with Gasteiger partial charge in [-0.15, -0.1) is 0 Å². The molecule has 0 aliphatic carbocycles. The maximum Gasteiger partial charge on any atom is 0.269 e. The van der Waals surface area contributed by atoms with Gasteiger partial charge in [-0.25, -0.2) is 0 Å². The van der Waals surface area contributed by atoms with E-state index in [1.165, 1.54) is 25.5 Å². The lowest BCUT2D eigenvalue weighted by molar-refractivity contribution is -0.384. The molecule has 9 heteroatoms. The second kappa shape index (κ2) is 10.8. The Bertz CT molecular complexity index is 1190. The summed E-state index contributed by atoms with van der Waals surface area (Å²) < 4.78 is 11.1. The van der Waals surface area contributed by atoms with E-state index in [0.717, 1.165) is 5.56 Å². The van der Waals surface area contributed by atoms with Gasteiger partial charge in [0.15, 0.2) is 11.5 Å². The zero-order valence-electron chi connectivity index (χ0n) is 17.0. The Hall–Kier alpha value is -4.09. The van der Waals surface area contributed by atoms with E-state index in [2.05, 4.69) is 11.2 Å². The largest absolute Gasteiger partial charge is 0.493 e. The summed E-state index contributed by atoms with van der Waals surface area (Å²) in [4.78, 5) is 15.8. The van der Waals surface area contributed by atoms with Crippen molar-refractivity contribution in [1.29, 1.82) is 5.26 Å². The molecule has 0 saturated heterocycles. The molecule has 0 saturated carbocycles. The van der Waals surface area contributed by atoms with Gasteiger partial charge in [-0.3, -0.25) is 10.1 Å². The number of halogens is 1. The number of nitriles is 1. The van der Waals surface area contributed by atoms with Crippen LogP contribution in [0.2, 0.25) is 5.02 Å². The molecule has 0 aliphatic heterocycles. The zero-order chi connectivity index (χ0) is 22.9. The fourth-order valence-corrected chi connectivity index (χ4v) is 3.10. The number of hydrogen-bond acceptors (Lipinski definition) is 7. The Balaban J connectivity index is 1.68. The van der Waals surface area contributed by atoms with Crippen molar-refractivity contribution in [2.75, 3.05) is 7.11 Å². The van der Waals surface area contributed by atoms with E-state index in [9.17, 15) is 10.1 Å². The topological polar surface area (TPSA) is 107 Å². The van der Waals surface area contributed by atoms with Crippen LogP contribution in [0.5, 0.6) is 11.5 Å². The van der Waals surface area contributed by atoms with E-state index in [1.807, 2.05) is 6.07 Å². The number of hydrogen-bond donors (Lipinski definition) is 0. The molecule has 8 nitrogen and oxygen atoms in total. The summed E-state index contributed by atoms with van der Waals surface area (Å²) >= 11 is 6.36. The summed E-state index contributed by atoms with van der Waals surface area (Å²) in [5, 5.41) is 24.2. The molecule has 0 unspecified atom stereocenters. The Labute approximate surface area is 189 Å². The predicted molar refractivity (Wildman–Crippen MR) is 119 cm³/mol. The van der Waals surface area contributed by atoms with E-state index in [4.69, 9.17) is 31.2 Å². The summed E-state index contributed by atoms with van der Waals surface area (Å²) in [6.45, 7) is 0.224. The monoisotopic (exact) mass is 451 g/mol. The Morgan fingerprint density at radius 1 is 1.16 bits per heavy atom. The number of non-ortho nitro benzene ring substituents is 1. The van der Waals surface area contributed by atoms with Gasteiger partial charge >= 0.3 is 0 Å². The van der Waals surface area contributed by atoms with E-state index >= 15 is 0 Å². The molecule has 32 heavy (non-hydrogen) atoms. The van der Waals surface area contributed by atoms with Crippen LogP contribution in [-0.2, 0) is 18.1 Å². The quantitative estimate of drug-likeness (QED) is 0.249. The van der Waals surface area contributed by atoms with Crippen molar-refractivity contribution >= 4 is 23.5 Å². The van der Waals surface area contributed by atoms with Crippen LogP contribution in [-0.4, -0.2) is 18.2 Å². The molecule has 0 spiro atoms. The van der Waals surface area contributed by atoms with Gasteiger partial charge in [0.2, 0.25) is 0 Å². The van der Waals surface area contributed by atoms with Crippen LogP contribution in [0.4, 0.5) is 5.69 Å². The molecular weight excluding hydrogens is 434 g/mol. The van der Waals surface area contributed by atoms with E-state index in [0.29, 0.717) is 28.2 Å². The third kappa shape index (κ3) is 5.74. The number of oxime groups is 1. The minimum atomic E-state index is -0.466. The normalized spacial score (nSPS) is 10.5. The van der Waals surface area contributed by atoms with Crippen LogP contribution in [0.3, 0.4) is 0 Å². The predicted octanol–water partition coefficient (Wildman–Crippen LogP) is 5.26. The third-order valence-electron chi connectivity index (χ3n) is 4.39. The molecule has 0 bridgehead atoms. The first-order valence-electron chi connectivity index (χ1n) is 9.39. The number of ether oxygens (including phenoxy) is 2. The summed E-state index contributed by atoms with van der Waals surface area (Å²) in [6, 6.07) is 18.7. The Morgan fingerprint density at radius 3 is 2.72 bits per heavy atom. The maximum atomic E-state index is 10.9. The molecule has 3 aromatic rings. The highest BCUT2D eigenvalue weighted by atomic mass is 35.5. The lowest BCUT2D eigenvalue weighted by Gasteiger charge is -2.13. The average molecular weight is 452 g/mol. The van der Waals surface area contributed by atoms with Crippen LogP contribution in [0.15, 0.2) is 65.8 Å². The SMILES string of the molecule is COc1cc(/C=N\OCc2ccccc2C#N)cc(Cl)c1OCc1cccc([N+](=O)[O-])c1. The van der Waals surface area contributed by atoms with Gasteiger partial charge in [-0.2, -0.15) is 5.26 Å². The fourth-order valence-electron chi connectivity index (χ4n) is 2.83. The summed E-state index contributed by atoms with van der Waals surface area (Å²) in [5.74, 6) is 0.681. The maximum absolute atomic E-state index is 10.9. The molecule has 0 N–H and O–H groups in total. The molecule has 162 valence electrons. The molecule has 3 rings (SSSR count). The highest BCUT2D eigenvalue weighted by Gasteiger charge is 2.13. The fraction of sp³-hybridized carbons (Fsp3) is 0.130. The molecule has 0 atom stereocenters. The van der Waals surface area contributed by atoms with Gasteiger partial charge in [-0.05, 0) is 23.8 Å². The standard InChI is InChI=1S/C23H18ClN3O5/c1-30-22-11-17(13-26-32-15-19-7-3-2-6-18(19)12-25)10-21(24)23(22)31-14-16-5-4-8-20(9-16)27(28)29/h2-11,13H,14-15H2,1H3/b26-13-. The number of rotatable bonds is 9. The second-order valence-electron chi connectivity index (χ2n) is 6.53. The van der Waals surface area contributed by atoms with Crippen molar-refractivity contribution < 1.29 is 19.2 Å². The molecule has 0 heterocycles. The summed E-state index contributed by atoms with van der Waals surface area (Å²) in [6.07, 6.45) is 1.47. The van der Waals surface area contributed by atoms with Crippen molar-refractivity contribution in [3.8, 4) is 17.6 Å². The van der Waals surface area contributed by atoms with Crippen LogP contribution in [0, 0.1) is 21.4 Å². The van der Waals surface area contributed by atoms with Gasteiger partial charge in [0.1, 0.15) is 13.2 Å². The number of methoxy groups -OCH3 is 1. The average Bonchev–Trinajstić information content (AvgIpc) is 2.81. The minimum absolute atomic E-state index is 0.0203. The molecule has 0 amide bonds. The summed E-state index contributed by atoms with van der Waals surface area (Å²) in [5.41, 5.74) is 2.47. The van der Waals surface area contributed by atoms with Gasteiger partial charge < -0.3 is 14.3 Å². The third-order valence-corrected chi connectivity index (χ3v) is 4.67. The Kier molecular flexibility index (Phi) is 7.62. The van der Waals surface area contributed by atoms with Gasteiger partial charge in [0.05, 0.1) is 34.9 Å². The molecule has 0 aromatic heterocycles. The molecule has 3 aromatic carbocycles. The van der Waals surface area contributed by atoms with Gasteiger partial charge in [0.25, 0.3) is 5.69 Å². The lowest BCUT2D eigenvalue weighted by Crippen LogP contribution is -2.00. The van der Waals surface area contributed by atoms with E-state index in [-0.39, 0.29) is 23.9 Å². The zero-order valence-corrected chi connectivity index (χ0v) is 17.8. The highest BCUT2D eigenvalue weighted by molar-refractivity contribution is 6.32. The number of nitrogens with zero attached hydrogens (tertiary/aromatic N) is 3. The minimum Gasteiger partial charge on any atom is -0.493 e. The molecular formula is C23H18ClN3O5. The van der Waals surface area contributed by atoms with Crippen LogP contribution in [0.25, 0.3) is 0 Å². The van der Waals surface area contributed by atoms with Crippen LogP contribution >= 0.6 is 11.6 Å². The second-order valence-corrected chi connectivity index (χ2v) is 6.93. The van der Waals surface area contributed by atoms with E-state index < -0.39 is 4.92 Å². The highest BCUT2D eigenvalue weighted by Crippen LogP contribution is 2.36. The number of nitro groups is 1. The van der Waals surface area contributed by atoms with E-state index in [1.54, 1.807) is 42.5 Å². The number of nitro benzene ring substituents is 1. The first-order valence-corrected chi connectivity index (χ1v) is 9.76. The van der Waals surface area contributed by atoms with Crippen molar-refractivity contribution in [2.24, 2.45) is 5.16 Å². The molecule has 0 radical (unpaired) electrons. The lowest BCUT2D eigenvalue weighted by atomic mass is 10.1. The first kappa shape index (κ1) is 22.6.